The van der Waals surface area contributed by atoms with Gasteiger partial charge in [0.1, 0.15) is 11.6 Å². The van der Waals surface area contributed by atoms with E-state index in [0.717, 1.165) is 29.3 Å². The summed E-state index contributed by atoms with van der Waals surface area (Å²) in [6.07, 6.45) is 1.20. The minimum absolute atomic E-state index is 0.0000565. The van der Waals surface area contributed by atoms with Crippen molar-refractivity contribution in [2.45, 2.75) is 25.8 Å². The molecule has 0 amide bonds. The van der Waals surface area contributed by atoms with Gasteiger partial charge in [-0.1, -0.05) is 24.3 Å². The highest BCUT2D eigenvalue weighted by Crippen LogP contribution is 2.10. The van der Waals surface area contributed by atoms with Crippen LogP contribution in [0.1, 0.15) is 23.6 Å². The molecule has 0 radical (unpaired) electrons. The molecular formula is C19H23F2N3O2S. The Hall–Kier alpha value is -2.48. The van der Waals surface area contributed by atoms with E-state index in [1.807, 2.05) is 19.1 Å². The molecule has 0 bridgehead atoms. The lowest BCUT2D eigenvalue weighted by molar-refractivity contribution is 0.581. The molecule has 2 aromatic carbocycles. The maximum absolute atomic E-state index is 13.7. The molecule has 0 aliphatic carbocycles. The van der Waals surface area contributed by atoms with E-state index in [9.17, 15) is 17.2 Å². The minimum Gasteiger partial charge on any atom is -0.357 e. The Kier molecular flexibility index (Phi) is 7.29. The molecule has 0 aliphatic rings. The molecule has 0 unspecified atom stereocenters. The van der Waals surface area contributed by atoms with Gasteiger partial charge in [0.15, 0.2) is 15.8 Å². The average Bonchev–Trinajstić information content (AvgIpc) is 2.60. The second-order valence-corrected chi connectivity index (χ2v) is 8.31. The summed E-state index contributed by atoms with van der Waals surface area (Å²) in [5, 5.41) is 6.01. The van der Waals surface area contributed by atoms with Gasteiger partial charge in [-0.2, -0.15) is 0 Å². The van der Waals surface area contributed by atoms with Gasteiger partial charge in [-0.05, 0) is 36.2 Å². The van der Waals surface area contributed by atoms with Gasteiger partial charge >= 0.3 is 0 Å². The highest BCUT2D eigenvalue weighted by molar-refractivity contribution is 7.89. The van der Waals surface area contributed by atoms with Crippen molar-refractivity contribution in [2.75, 3.05) is 12.8 Å². The van der Waals surface area contributed by atoms with Crippen LogP contribution in [0.25, 0.3) is 0 Å². The Morgan fingerprint density at radius 1 is 1.04 bits per heavy atom. The topological polar surface area (TPSA) is 70.6 Å². The summed E-state index contributed by atoms with van der Waals surface area (Å²) >= 11 is 0. The molecule has 2 aromatic rings. The van der Waals surface area contributed by atoms with Gasteiger partial charge < -0.3 is 10.6 Å². The predicted octanol–water partition coefficient (Wildman–Crippen LogP) is 2.76. The third-order valence-electron chi connectivity index (χ3n) is 3.67. The molecule has 0 saturated heterocycles. The van der Waals surface area contributed by atoms with Crippen molar-refractivity contribution >= 4 is 15.8 Å². The molecule has 5 nitrogen and oxygen atoms in total. The molecular weight excluding hydrogens is 372 g/mol. The Morgan fingerprint density at radius 3 is 2.33 bits per heavy atom. The van der Waals surface area contributed by atoms with E-state index in [2.05, 4.69) is 15.6 Å². The summed E-state index contributed by atoms with van der Waals surface area (Å²) in [5.74, 6) is -0.508. The van der Waals surface area contributed by atoms with Crippen molar-refractivity contribution < 1.29 is 17.2 Å². The van der Waals surface area contributed by atoms with Gasteiger partial charge in [0.2, 0.25) is 0 Å². The fraction of sp³-hybridized carbons (Fsp3) is 0.316. The van der Waals surface area contributed by atoms with E-state index in [4.69, 9.17) is 0 Å². The van der Waals surface area contributed by atoms with Gasteiger partial charge in [0.25, 0.3) is 0 Å². The van der Waals surface area contributed by atoms with Gasteiger partial charge in [0.05, 0.1) is 12.3 Å². The van der Waals surface area contributed by atoms with Crippen LogP contribution in [0, 0.1) is 11.6 Å². The average molecular weight is 395 g/mol. The molecule has 8 heteroatoms. The fourth-order valence-corrected chi connectivity index (χ4v) is 3.21. The molecule has 146 valence electrons. The Morgan fingerprint density at radius 2 is 1.70 bits per heavy atom. The zero-order valence-corrected chi connectivity index (χ0v) is 16.1. The molecule has 0 aromatic heterocycles. The smallest absolute Gasteiger partial charge is 0.191 e. The predicted molar refractivity (Wildman–Crippen MR) is 103 cm³/mol. The number of benzene rings is 2. The summed E-state index contributed by atoms with van der Waals surface area (Å²) in [4.78, 5) is 4.42. The minimum atomic E-state index is -3.07. The molecule has 2 rings (SSSR count). The van der Waals surface area contributed by atoms with Crippen molar-refractivity contribution in [1.29, 1.82) is 0 Å². The molecule has 0 fully saturated rings. The van der Waals surface area contributed by atoms with E-state index in [0.29, 0.717) is 19.0 Å². The van der Waals surface area contributed by atoms with Gasteiger partial charge in [-0.3, -0.25) is 0 Å². The molecule has 0 aliphatic heterocycles. The summed E-state index contributed by atoms with van der Waals surface area (Å²) < 4.78 is 49.6. The lowest BCUT2D eigenvalue weighted by Crippen LogP contribution is -2.37. The number of guanidine groups is 1. The summed E-state index contributed by atoms with van der Waals surface area (Å²) in [5.41, 5.74) is 1.84. The zero-order valence-electron chi connectivity index (χ0n) is 15.3. The second kappa shape index (κ2) is 9.45. The van der Waals surface area contributed by atoms with Crippen LogP contribution in [0.2, 0.25) is 0 Å². The van der Waals surface area contributed by atoms with E-state index in [1.54, 1.807) is 12.1 Å². The van der Waals surface area contributed by atoms with Crippen LogP contribution in [0.3, 0.4) is 0 Å². The Bertz CT molecular complexity index is 898. The van der Waals surface area contributed by atoms with E-state index >= 15 is 0 Å². The molecule has 27 heavy (non-hydrogen) atoms. The van der Waals surface area contributed by atoms with E-state index in [1.165, 1.54) is 6.26 Å². The van der Waals surface area contributed by atoms with Crippen LogP contribution >= 0.6 is 0 Å². The van der Waals surface area contributed by atoms with Crippen molar-refractivity contribution in [3.63, 3.8) is 0 Å². The number of nitrogens with zero attached hydrogens (tertiary/aromatic N) is 1. The van der Waals surface area contributed by atoms with Crippen LogP contribution in [0.4, 0.5) is 8.78 Å². The van der Waals surface area contributed by atoms with Crippen LogP contribution in [0.15, 0.2) is 47.5 Å². The number of halogens is 2. The first kappa shape index (κ1) is 20.8. The molecule has 0 spiro atoms. The van der Waals surface area contributed by atoms with E-state index < -0.39 is 21.5 Å². The quantitative estimate of drug-likeness (QED) is 0.559. The summed E-state index contributed by atoms with van der Waals surface area (Å²) in [6.45, 7) is 2.98. The van der Waals surface area contributed by atoms with Gasteiger partial charge in [-0.15, -0.1) is 0 Å². The fourth-order valence-electron chi connectivity index (χ4n) is 2.41. The van der Waals surface area contributed by atoms with Crippen molar-refractivity contribution in [1.82, 2.24) is 10.6 Å². The monoisotopic (exact) mass is 395 g/mol. The standard InChI is InChI=1S/C19H23F2N3O2S/c1-3-22-19(24-12-16-10-17(20)8-9-18(16)21)23-11-14-4-6-15(7-5-14)13-27(2,25)26/h4-10H,3,11-13H2,1-2H3,(H2,22,23,24). The Labute approximate surface area is 158 Å². The SMILES string of the molecule is CCNC(=NCc1ccc(CS(C)(=O)=O)cc1)NCc1cc(F)ccc1F. The number of nitrogens with one attached hydrogen (secondary N) is 2. The lowest BCUT2D eigenvalue weighted by atomic mass is 10.1. The Balaban J connectivity index is 2.01. The molecule has 0 atom stereocenters. The summed E-state index contributed by atoms with van der Waals surface area (Å²) in [6, 6.07) is 10.5. The van der Waals surface area contributed by atoms with E-state index in [-0.39, 0.29) is 17.9 Å². The van der Waals surface area contributed by atoms with Gasteiger partial charge in [0, 0.05) is 24.9 Å². The number of hydrogen-bond donors (Lipinski definition) is 2. The van der Waals surface area contributed by atoms with Crippen LogP contribution in [-0.2, 0) is 28.7 Å². The normalized spacial score (nSPS) is 12.1. The van der Waals surface area contributed by atoms with Crippen molar-refractivity contribution in [2.24, 2.45) is 4.99 Å². The lowest BCUT2D eigenvalue weighted by Gasteiger charge is -2.12. The first-order chi connectivity index (χ1) is 12.8. The molecule has 2 N–H and O–H groups in total. The first-order valence-electron chi connectivity index (χ1n) is 8.48. The number of hydrogen-bond acceptors (Lipinski definition) is 3. The number of rotatable bonds is 7. The van der Waals surface area contributed by atoms with Crippen LogP contribution in [-0.4, -0.2) is 27.2 Å². The first-order valence-corrected chi connectivity index (χ1v) is 10.5. The third kappa shape index (κ3) is 7.34. The maximum Gasteiger partial charge on any atom is 0.191 e. The van der Waals surface area contributed by atoms with Crippen LogP contribution < -0.4 is 10.6 Å². The molecule has 0 heterocycles. The zero-order chi connectivity index (χ0) is 19.9. The van der Waals surface area contributed by atoms with Gasteiger partial charge in [-0.25, -0.2) is 22.2 Å². The highest BCUT2D eigenvalue weighted by atomic mass is 32.2. The van der Waals surface area contributed by atoms with Crippen LogP contribution in [0.5, 0.6) is 0 Å². The molecule has 0 saturated carbocycles. The summed E-state index contributed by atoms with van der Waals surface area (Å²) in [7, 11) is -3.07. The maximum atomic E-state index is 13.7. The highest BCUT2D eigenvalue weighted by Gasteiger charge is 2.06. The third-order valence-corrected chi connectivity index (χ3v) is 4.53. The second-order valence-electron chi connectivity index (χ2n) is 6.17. The largest absolute Gasteiger partial charge is 0.357 e. The number of aliphatic imine (C=N–C) groups is 1. The van der Waals surface area contributed by atoms with Crippen molar-refractivity contribution in [3.8, 4) is 0 Å². The van der Waals surface area contributed by atoms with Crippen molar-refractivity contribution in [3.05, 3.63) is 70.8 Å². The number of sulfone groups is 1.